The molecule has 2 aliphatic rings. The highest BCUT2D eigenvalue weighted by molar-refractivity contribution is 6.28. The van der Waals surface area contributed by atoms with Crippen molar-refractivity contribution in [1.82, 2.24) is 35.5 Å². The molecule has 0 saturated carbocycles. The van der Waals surface area contributed by atoms with Crippen LogP contribution in [0, 0.1) is 13.8 Å². The van der Waals surface area contributed by atoms with Crippen molar-refractivity contribution in [3.05, 3.63) is 89.7 Å². The van der Waals surface area contributed by atoms with Crippen LogP contribution in [-0.2, 0) is 4.74 Å². The molecular weight excluding hydrogens is 762 g/mol. The number of unbranched alkanes of at least 4 members (excludes halogenated alkanes) is 5. The van der Waals surface area contributed by atoms with Crippen molar-refractivity contribution in [3.63, 3.8) is 0 Å². The standard InChI is InChI=1S/C16H28N4O.C15H17N.C9H18N2O2.C5H5ClN2.CH4/c1-2-3-4-5-6-7-12-21-15-13-18-16(19-14-15)20-10-8-17-9-11-20;1-12-8-4-5-9-13(12)14-10-6-7-11-15(14)16(2)3;1-9(2,3)13-8(12)11-6-4-10-5-7-11;1-4-2-7-5(6)8-3-4;/h13-14,17H,2-12H2,1H3;4-11H,1-3H3;10H,4-7H2,1-3H3;2-3H,1H3;1H4. The molecule has 13 heteroatoms. The van der Waals surface area contributed by atoms with Gasteiger partial charge in [0.05, 0.1) is 19.0 Å². The topological polar surface area (TPSA) is 121 Å². The monoisotopic (exact) mass is 834 g/mol. The second-order valence-corrected chi connectivity index (χ2v) is 15.9. The van der Waals surface area contributed by atoms with Crippen molar-refractivity contribution in [1.29, 1.82) is 0 Å². The van der Waals surface area contributed by atoms with Gasteiger partial charge in [0, 0.05) is 90.1 Å². The van der Waals surface area contributed by atoms with E-state index in [9.17, 15) is 4.79 Å². The number of aromatic nitrogens is 4. The lowest BCUT2D eigenvalue weighted by molar-refractivity contribution is 0.0229. The highest BCUT2D eigenvalue weighted by atomic mass is 35.5. The number of ether oxygens (including phenoxy) is 2. The number of carbonyl (C=O) groups is 1. The molecule has 0 aliphatic carbocycles. The molecule has 0 spiro atoms. The third-order valence-electron chi connectivity index (χ3n) is 9.12. The second-order valence-electron chi connectivity index (χ2n) is 15.5. The zero-order valence-corrected chi connectivity index (χ0v) is 37.0. The number of hydrogen-bond acceptors (Lipinski definition) is 11. The van der Waals surface area contributed by atoms with E-state index < -0.39 is 0 Å². The Hall–Kier alpha value is -4.52. The quantitative estimate of drug-likeness (QED) is 0.111. The molecule has 0 radical (unpaired) electrons. The Morgan fingerprint density at radius 2 is 1.31 bits per heavy atom. The number of nitrogens with one attached hydrogen (secondary N) is 2. The van der Waals surface area contributed by atoms with Gasteiger partial charge in [-0.3, -0.25) is 0 Å². The molecule has 4 aromatic rings. The fraction of sp³-hybridized carbons (Fsp3) is 0.543. The minimum Gasteiger partial charge on any atom is -0.490 e. The number of para-hydroxylation sites is 1. The Labute approximate surface area is 360 Å². The van der Waals surface area contributed by atoms with Crippen LogP contribution in [0.5, 0.6) is 5.75 Å². The summed E-state index contributed by atoms with van der Waals surface area (Å²) in [6.07, 6.45) is 14.4. The number of rotatable bonds is 11. The predicted molar refractivity (Wildman–Crippen MR) is 246 cm³/mol. The lowest BCUT2D eigenvalue weighted by atomic mass is 9.99. The second kappa shape index (κ2) is 28.0. The van der Waals surface area contributed by atoms with Crippen LogP contribution >= 0.6 is 11.6 Å². The smallest absolute Gasteiger partial charge is 0.410 e. The number of hydrogen-bond donors (Lipinski definition) is 2. The molecule has 2 N–H and O–H groups in total. The van der Waals surface area contributed by atoms with Gasteiger partial charge in [0.2, 0.25) is 11.2 Å². The van der Waals surface area contributed by atoms with Crippen LogP contribution in [-0.4, -0.2) is 110 Å². The first-order valence-corrected chi connectivity index (χ1v) is 21.1. The predicted octanol–water partition coefficient (Wildman–Crippen LogP) is 9.25. The average Bonchev–Trinajstić information content (AvgIpc) is 3.23. The molecule has 59 heavy (non-hydrogen) atoms. The van der Waals surface area contributed by atoms with Crippen LogP contribution < -0.4 is 25.2 Å². The van der Waals surface area contributed by atoms with E-state index in [4.69, 9.17) is 21.1 Å². The molecule has 0 bridgehead atoms. The molecule has 2 aliphatic heterocycles. The zero-order valence-electron chi connectivity index (χ0n) is 36.3. The summed E-state index contributed by atoms with van der Waals surface area (Å²) < 4.78 is 10.9. The molecular formula is C46H72ClN9O3. The summed E-state index contributed by atoms with van der Waals surface area (Å²) in [6, 6.07) is 17.0. The van der Waals surface area contributed by atoms with Gasteiger partial charge in [-0.15, -0.1) is 0 Å². The van der Waals surface area contributed by atoms with E-state index in [2.05, 4.69) is 117 Å². The van der Waals surface area contributed by atoms with Gasteiger partial charge in [0.1, 0.15) is 5.60 Å². The molecule has 2 saturated heterocycles. The SMILES string of the molecule is C.CC(C)(C)OC(=O)N1CCNCC1.CCCCCCCCOc1cnc(N2CCNCC2)nc1.Cc1ccccc1-c1ccccc1N(C)C.Cc1cnc(Cl)nc1. The summed E-state index contributed by atoms with van der Waals surface area (Å²) in [4.78, 5) is 33.9. The van der Waals surface area contributed by atoms with Crippen LogP contribution in [0.4, 0.5) is 16.4 Å². The highest BCUT2D eigenvalue weighted by Crippen LogP contribution is 2.31. The van der Waals surface area contributed by atoms with Crippen molar-refractivity contribution < 1.29 is 14.3 Å². The molecule has 326 valence electrons. The van der Waals surface area contributed by atoms with E-state index in [1.165, 1.54) is 54.5 Å². The number of amides is 1. The van der Waals surface area contributed by atoms with Gasteiger partial charge in [-0.1, -0.05) is 88.9 Å². The summed E-state index contributed by atoms with van der Waals surface area (Å²) in [6.45, 7) is 19.9. The highest BCUT2D eigenvalue weighted by Gasteiger charge is 2.23. The van der Waals surface area contributed by atoms with Gasteiger partial charge in [-0.25, -0.2) is 24.7 Å². The maximum atomic E-state index is 11.5. The third kappa shape index (κ3) is 20.3. The third-order valence-corrected chi connectivity index (χ3v) is 9.32. The summed E-state index contributed by atoms with van der Waals surface area (Å²) in [5.74, 6) is 1.59. The van der Waals surface area contributed by atoms with Crippen LogP contribution in [0.25, 0.3) is 11.1 Å². The summed E-state index contributed by atoms with van der Waals surface area (Å²) in [5.41, 5.74) is 5.82. The van der Waals surface area contributed by atoms with E-state index in [0.29, 0.717) is 5.28 Å². The lowest BCUT2D eigenvalue weighted by Gasteiger charge is -2.30. The molecule has 4 heterocycles. The largest absolute Gasteiger partial charge is 0.490 e. The maximum absolute atomic E-state index is 11.5. The summed E-state index contributed by atoms with van der Waals surface area (Å²) >= 11 is 5.39. The van der Waals surface area contributed by atoms with Gasteiger partial charge < -0.3 is 34.8 Å². The van der Waals surface area contributed by atoms with Crippen LogP contribution in [0.1, 0.15) is 84.8 Å². The van der Waals surface area contributed by atoms with Crippen molar-refractivity contribution >= 4 is 29.3 Å². The van der Waals surface area contributed by atoms with E-state index in [0.717, 1.165) is 82.6 Å². The lowest BCUT2D eigenvalue weighted by Crippen LogP contribution is -2.48. The van der Waals surface area contributed by atoms with Crippen molar-refractivity contribution in [2.75, 3.05) is 82.9 Å². The summed E-state index contributed by atoms with van der Waals surface area (Å²) in [5, 5.41) is 6.81. The molecule has 2 aromatic carbocycles. The van der Waals surface area contributed by atoms with E-state index in [-0.39, 0.29) is 19.1 Å². The molecule has 0 atom stereocenters. The number of carbonyl (C=O) groups excluding carboxylic acids is 1. The minimum absolute atomic E-state index is 0. The molecule has 2 fully saturated rings. The number of aryl methyl sites for hydroxylation is 2. The Bertz CT molecular complexity index is 1690. The van der Waals surface area contributed by atoms with Crippen molar-refractivity contribution in [2.24, 2.45) is 0 Å². The number of piperazine rings is 2. The normalized spacial score (nSPS) is 13.5. The minimum atomic E-state index is -0.387. The fourth-order valence-electron chi connectivity index (χ4n) is 6.00. The fourth-order valence-corrected chi connectivity index (χ4v) is 6.10. The molecule has 6 rings (SSSR count). The van der Waals surface area contributed by atoms with Gasteiger partial charge in [-0.2, -0.15) is 0 Å². The van der Waals surface area contributed by atoms with E-state index in [1.54, 1.807) is 29.7 Å². The number of nitrogens with zero attached hydrogens (tertiary/aromatic N) is 7. The molecule has 0 unspecified atom stereocenters. The Morgan fingerprint density at radius 1 is 0.763 bits per heavy atom. The average molecular weight is 835 g/mol. The van der Waals surface area contributed by atoms with Crippen LogP contribution in [0.2, 0.25) is 5.28 Å². The number of anilines is 2. The van der Waals surface area contributed by atoms with Crippen LogP contribution in [0.15, 0.2) is 73.3 Å². The van der Waals surface area contributed by atoms with E-state index >= 15 is 0 Å². The van der Waals surface area contributed by atoms with Crippen molar-refractivity contribution in [2.45, 2.75) is 93.1 Å². The van der Waals surface area contributed by atoms with Gasteiger partial charge >= 0.3 is 6.09 Å². The Morgan fingerprint density at radius 3 is 1.86 bits per heavy atom. The number of benzene rings is 2. The first-order valence-electron chi connectivity index (χ1n) is 20.7. The first kappa shape index (κ1) is 50.6. The molecule has 12 nitrogen and oxygen atoms in total. The Kier molecular flexibility index (Phi) is 24.1. The van der Waals surface area contributed by atoms with Gasteiger partial charge in [0.15, 0.2) is 5.75 Å². The maximum Gasteiger partial charge on any atom is 0.410 e. The van der Waals surface area contributed by atoms with Crippen molar-refractivity contribution in [3.8, 4) is 16.9 Å². The molecule has 1 amide bonds. The first-order chi connectivity index (χ1) is 27.9. The Balaban J connectivity index is 0.000000283. The zero-order chi connectivity index (χ0) is 42.2. The van der Waals surface area contributed by atoms with E-state index in [1.807, 2.05) is 27.7 Å². The van der Waals surface area contributed by atoms with Gasteiger partial charge in [-0.05, 0) is 75.4 Å². The molecule has 2 aromatic heterocycles. The van der Waals surface area contributed by atoms with Crippen LogP contribution in [0.3, 0.4) is 0 Å². The summed E-state index contributed by atoms with van der Waals surface area (Å²) in [7, 11) is 4.16. The van der Waals surface area contributed by atoms with Gasteiger partial charge in [0.25, 0.3) is 0 Å². The number of halogens is 1.